The molecule has 1 aromatic heterocycles. The van der Waals surface area contributed by atoms with E-state index in [2.05, 4.69) is 12.2 Å². The Morgan fingerprint density at radius 3 is 2.74 bits per heavy atom. The van der Waals surface area contributed by atoms with Crippen molar-refractivity contribution in [2.24, 2.45) is 11.8 Å². The van der Waals surface area contributed by atoms with Gasteiger partial charge in [0.15, 0.2) is 0 Å². The van der Waals surface area contributed by atoms with E-state index in [0.29, 0.717) is 17.4 Å². The van der Waals surface area contributed by atoms with Crippen molar-refractivity contribution < 1.29 is 19.1 Å². The number of carboxylic acid groups (broad SMARTS) is 1. The van der Waals surface area contributed by atoms with Gasteiger partial charge in [0.2, 0.25) is 5.91 Å². The molecule has 0 aliphatic heterocycles. The number of rotatable bonds is 4. The Kier molecular flexibility index (Phi) is 3.93. The van der Waals surface area contributed by atoms with E-state index < -0.39 is 5.97 Å². The topological polar surface area (TPSA) is 79.5 Å². The molecule has 0 aromatic carbocycles. The molecule has 5 nitrogen and oxygen atoms in total. The summed E-state index contributed by atoms with van der Waals surface area (Å²) in [6.07, 6.45) is 3.13. The summed E-state index contributed by atoms with van der Waals surface area (Å²) in [5.74, 6) is 0.377. The van der Waals surface area contributed by atoms with Gasteiger partial charge in [0.1, 0.15) is 17.1 Å². The highest BCUT2D eigenvalue weighted by molar-refractivity contribution is 5.88. The standard InChI is InChI=1S/C14H19NO4/c1-8-4-3-5-11(8)13(16)15-7-10-6-12(14(17)18)9(2)19-10/h6,8,11H,3-5,7H2,1-2H3,(H,15,16)(H,17,18). The first-order chi connectivity index (χ1) is 8.99. The molecule has 2 atom stereocenters. The van der Waals surface area contributed by atoms with E-state index in [-0.39, 0.29) is 23.9 Å². The van der Waals surface area contributed by atoms with E-state index in [0.717, 1.165) is 19.3 Å². The average Bonchev–Trinajstić information content (AvgIpc) is 2.92. The Labute approximate surface area is 112 Å². The Morgan fingerprint density at radius 2 is 2.21 bits per heavy atom. The molecule has 5 heteroatoms. The first-order valence-corrected chi connectivity index (χ1v) is 6.59. The Hall–Kier alpha value is -1.78. The molecular formula is C14H19NO4. The maximum absolute atomic E-state index is 12.0. The number of hydrogen-bond donors (Lipinski definition) is 2. The quantitative estimate of drug-likeness (QED) is 0.875. The number of aryl methyl sites for hydroxylation is 1. The third kappa shape index (κ3) is 2.97. The number of carbonyl (C=O) groups excluding carboxylic acids is 1. The lowest BCUT2D eigenvalue weighted by atomic mass is 9.97. The van der Waals surface area contributed by atoms with Crippen LogP contribution in [0.15, 0.2) is 10.5 Å². The van der Waals surface area contributed by atoms with Crippen LogP contribution in [0.2, 0.25) is 0 Å². The van der Waals surface area contributed by atoms with Crippen LogP contribution in [-0.4, -0.2) is 17.0 Å². The van der Waals surface area contributed by atoms with E-state index in [9.17, 15) is 9.59 Å². The van der Waals surface area contributed by atoms with Crippen molar-refractivity contribution in [2.75, 3.05) is 0 Å². The minimum atomic E-state index is -1.01. The van der Waals surface area contributed by atoms with Crippen LogP contribution in [0.25, 0.3) is 0 Å². The van der Waals surface area contributed by atoms with Gasteiger partial charge in [-0.1, -0.05) is 13.3 Å². The van der Waals surface area contributed by atoms with Crippen LogP contribution in [0.1, 0.15) is 48.1 Å². The summed E-state index contributed by atoms with van der Waals surface area (Å²) in [6.45, 7) is 3.95. The molecule has 1 amide bonds. The van der Waals surface area contributed by atoms with Gasteiger partial charge in [0, 0.05) is 5.92 Å². The molecule has 2 unspecified atom stereocenters. The second-order valence-electron chi connectivity index (χ2n) is 5.22. The first kappa shape index (κ1) is 13.6. The number of aromatic carboxylic acids is 1. The third-order valence-electron chi connectivity index (χ3n) is 3.83. The maximum atomic E-state index is 12.0. The molecule has 1 fully saturated rings. The van der Waals surface area contributed by atoms with E-state index >= 15 is 0 Å². The number of carboxylic acids is 1. The van der Waals surface area contributed by atoms with E-state index in [1.807, 2.05) is 0 Å². The maximum Gasteiger partial charge on any atom is 0.339 e. The molecule has 1 heterocycles. The number of amides is 1. The van der Waals surface area contributed by atoms with Gasteiger partial charge in [0.05, 0.1) is 6.54 Å². The second kappa shape index (κ2) is 5.47. The molecule has 104 valence electrons. The lowest BCUT2D eigenvalue weighted by Crippen LogP contribution is -2.31. The van der Waals surface area contributed by atoms with Crippen molar-refractivity contribution in [2.45, 2.75) is 39.7 Å². The minimum absolute atomic E-state index is 0.0379. The molecule has 1 aliphatic rings. The third-order valence-corrected chi connectivity index (χ3v) is 3.83. The largest absolute Gasteiger partial charge is 0.478 e. The van der Waals surface area contributed by atoms with Gasteiger partial charge in [-0.2, -0.15) is 0 Å². The lowest BCUT2D eigenvalue weighted by Gasteiger charge is -2.14. The van der Waals surface area contributed by atoms with Gasteiger partial charge >= 0.3 is 5.97 Å². The van der Waals surface area contributed by atoms with Crippen LogP contribution in [0.4, 0.5) is 0 Å². The summed E-state index contributed by atoms with van der Waals surface area (Å²) in [7, 11) is 0. The summed E-state index contributed by atoms with van der Waals surface area (Å²) >= 11 is 0. The van der Waals surface area contributed by atoms with Crippen molar-refractivity contribution in [1.82, 2.24) is 5.32 Å². The van der Waals surface area contributed by atoms with Gasteiger partial charge < -0.3 is 14.8 Å². The fourth-order valence-electron chi connectivity index (χ4n) is 2.68. The van der Waals surface area contributed by atoms with Crippen LogP contribution >= 0.6 is 0 Å². The van der Waals surface area contributed by atoms with Crippen LogP contribution in [-0.2, 0) is 11.3 Å². The zero-order chi connectivity index (χ0) is 14.0. The number of nitrogens with one attached hydrogen (secondary N) is 1. The summed E-state index contributed by atoms with van der Waals surface area (Å²) in [5, 5.41) is 11.7. The van der Waals surface area contributed by atoms with Crippen molar-refractivity contribution in [3.05, 3.63) is 23.2 Å². The van der Waals surface area contributed by atoms with Gasteiger partial charge in [-0.05, 0) is 31.7 Å². The SMILES string of the molecule is Cc1oc(CNC(=O)C2CCCC2C)cc1C(=O)O. The van der Waals surface area contributed by atoms with Crippen molar-refractivity contribution in [3.63, 3.8) is 0 Å². The van der Waals surface area contributed by atoms with Crippen LogP contribution in [0.3, 0.4) is 0 Å². The summed E-state index contributed by atoms with van der Waals surface area (Å²) in [5.41, 5.74) is 0.151. The molecular weight excluding hydrogens is 246 g/mol. The zero-order valence-corrected chi connectivity index (χ0v) is 11.2. The molecule has 2 rings (SSSR count). The lowest BCUT2D eigenvalue weighted by molar-refractivity contribution is -0.126. The van der Waals surface area contributed by atoms with E-state index in [1.54, 1.807) is 6.92 Å². The number of furan rings is 1. The highest BCUT2D eigenvalue weighted by atomic mass is 16.4. The molecule has 0 bridgehead atoms. The van der Waals surface area contributed by atoms with E-state index in [1.165, 1.54) is 6.07 Å². The van der Waals surface area contributed by atoms with Crippen molar-refractivity contribution >= 4 is 11.9 Å². The van der Waals surface area contributed by atoms with E-state index in [4.69, 9.17) is 9.52 Å². The second-order valence-corrected chi connectivity index (χ2v) is 5.22. The molecule has 1 aliphatic carbocycles. The van der Waals surface area contributed by atoms with Gasteiger partial charge in [0.25, 0.3) is 0 Å². The predicted molar refractivity (Wildman–Crippen MR) is 68.8 cm³/mol. The normalized spacial score (nSPS) is 22.4. The van der Waals surface area contributed by atoms with Gasteiger partial charge in [-0.15, -0.1) is 0 Å². The van der Waals surface area contributed by atoms with Gasteiger partial charge in [-0.3, -0.25) is 4.79 Å². The Bertz CT molecular complexity index is 492. The summed E-state index contributed by atoms with van der Waals surface area (Å²) in [6, 6.07) is 1.47. The fourth-order valence-corrected chi connectivity index (χ4v) is 2.68. The monoisotopic (exact) mass is 265 g/mol. The van der Waals surface area contributed by atoms with Crippen LogP contribution < -0.4 is 5.32 Å². The van der Waals surface area contributed by atoms with Gasteiger partial charge in [-0.25, -0.2) is 4.79 Å². The number of carbonyl (C=O) groups is 2. The van der Waals surface area contributed by atoms with Crippen LogP contribution in [0, 0.1) is 18.8 Å². The Balaban J connectivity index is 1.93. The molecule has 2 N–H and O–H groups in total. The van der Waals surface area contributed by atoms with Crippen LogP contribution in [0.5, 0.6) is 0 Å². The minimum Gasteiger partial charge on any atom is -0.478 e. The fraction of sp³-hybridized carbons (Fsp3) is 0.571. The molecule has 1 saturated carbocycles. The van der Waals surface area contributed by atoms with Crippen molar-refractivity contribution in [3.8, 4) is 0 Å². The smallest absolute Gasteiger partial charge is 0.339 e. The zero-order valence-electron chi connectivity index (χ0n) is 11.2. The number of hydrogen-bond acceptors (Lipinski definition) is 3. The highest BCUT2D eigenvalue weighted by Crippen LogP contribution is 2.31. The van der Waals surface area contributed by atoms with Crippen molar-refractivity contribution in [1.29, 1.82) is 0 Å². The summed E-state index contributed by atoms with van der Waals surface area (Å²) in [4.78, 5) is 22.9. The molecule has 0 saturated heterocycles. The molecule has 1 aromatic rings. The predicted octanol–water partition coefficient (Wildman–Crippen LogP) is 2.34. The molecule has 19 heavy (non-hydrogen) atoms. The first-order valence-electron chi connectivity index (χ1n) is 6.59. The summed E-state index contributed by atoms with van der Waals surface area (Å²) < 4.78 is 5.32. The molecule has 0 radical (unpaired) electrons. The molecule has 0 spiro atoms. The average molecular weight is 265 g/mol. The Morgan fingerprint density at radius 1 is 1.47 bits per heavy atom. The highest BCUT2D eigenvalue weighted by Gasteiger charge is 2.29.